The average Bonchev–Trinajstić information content (AvgIpc) is 2.12. The van der Waals surface area contributed by atoms with E-state index in [9.17, 15) is 0 Å². The maximum absolute atomic E-state index is 5.89. The molecule has 1 aliphatic heterocycles. The molecule has 0 aromatic heterocycles. The first-order chi connectivity index (χ1) is 6.83. The van der Waals surface area contributed by atoms with Gasteiger partial charge in [0.05, 0.1) is 13.2 Å². The molecule has 14 heavy (non-hydrogen) atoms. The molecule has 82 valence electrons. The van der Waals surface area contributed by atoms with E-state index in [2.05, 4.69) is 11.8 Å². The summed E-state index contributed by atoms with van der Waals surface area (Å²) in [5.41, 5.74) is 5.89. The Morgan fingerprint density at radius 1 is 1.50 bits per heavy atom. The van der Waals surface area contributed by atoms with Gasteiger partial charge in [-0.1, -0.05) is 6.42 Å². The fourth-order valence-electron chi connectivity index (χ4n) is 2.66. The third kappa shape index (κ3) is 1.95. The topological polar surface area (TPSA) is 38.5 Å². The molecule has 0 spiro atoms. The number of nitrogens with two attached hydrogens (primary N) is 1. The molecule has 0 amide bonds. The van der Waals surface area contributed by atoms with E-state index < -0.39 is 0 Å². The molecule has 1 saturated carbocycles. The van der Waals surface area contributed by atoms with Crippen LogP contribution in [-0.2, 0) is 4.74 Å². The van der Waals surface area contributed by atoms with Crippen LogP contribution in [0.2, 0.25) is 0 Å². The normalized spacial score (nSPS) is 32.6. The Balaban J connectivity index is 1.94. The van der Waals surface area contributed by atoms with Crippen molar-refractivity contribution in [3.63, 3.8) is 0 Å². The molecule has 2 unspecified atom stereocenters. The van der Waals surface area contributed by atoms with Gasteiger partial charge in [0.15, 0.2) is 0 Å². The van der Waals surface area contributed by atoms with Gasteiger partial charge in [-0.3, -0.25) is 4.90 Å². The van der Waals surface area contributed by atoms with Crippen molar-refractivity contribution in [2.24, 2.45) is 11.7 Å². The zero-order chi connectivity index (χ0) is 9.97. The highest BCUT2D eigenvalue weighted by atomic mass is 16.5. The minimum absolute atomic E-state index is 0.554. The highest BCUT2D eigenvalue weighted by molar-refractivity contribution is 4.88. The average molecular weight is 198 g/mol. The Morgan fingerprint density at radius 2 is 2.29 bits per heavy atom. The maximum atomic E-state index is 5.89. The van der Waals surface area contributed by atoms with Gasteiger partial charge in [-0.25, -0.2) is 0 Å². The van der Waals surface area contributed by atoms with Crippen molar-refractivity contribution in [2.45, 2.75) is 38.3 Å². The molecular weight excluding hydrogens is 176 g/mol. The number of ether oxygens (including phenoxy) is 1. The predicted octanol–water partition coefficient (Wildman–Crippen LogP) is 0.834. The number of hydrogen-bond donors (Lipinski definition) is 1. The maximum Gasteiger partial charge on any atom is 0.0619 e. The molecule has 2 rings (SSSR count). The van der Waals surface area contributed by atoms with E-state index in [-0.39, 0.29) is 0 Å². The lowest BCUT2D eigenvalue weighted by Gasteiger charge is -2.45. The van der Waals surface area contributed by atoms with Crippen LogP contribution >= 0.6 is 0 Å². The molecule has 0 bridgehead atoms. The molecule has 2 fully saturated rings. The zero-order valence-electron chi connectivity index (χ0n) is 9.11. The van der Waals surface area contributed by atoms with Gasteiger partial charge in [0.25, 0.3) is 0 Å². The lowest BCUT2D eigenvalue weighted by molar-refractivity contribution is -0.0414. The van der Waals surface area contributed by atoms with Gasteiger partial charge in [0.1, 0.15) is 0 Å². The summed E-state index contributed by atoms with van der Waals surface area (Å²) in [6.07, 6.45) is 4.16. The number of hydrogen-bond acceptors (Lipinski definition) is 3. The fraction of sp³-hybridized carbons (Fsp3) is 1.00. The van der Waals surface area contributed by atoms with E-state index in [1.807, 2.05) is 0 Å². The van der Waals surface area contributed by atoms with Crippen LogP contribution < -0.4 is 5.73 Å². The third-order valence-corrected chi connectivity index (χ3v) is 3.78. The van der Waals surface area contributed by atoms with Gasteiger partial charge in [-0.05, 0) is 25.7 Å². The molecule has 3 heteroatoms. The van der Waals surface area contributed by atoms with Crippen LogP contribution in [0.15, 0.2) is 0 Å². The summed E-state index contributed by atoms with van der Waals surface area (Å²) in [6, 6.07) is 1.17. The predicted molar refractivity (Wildman–Crippen MR) is 57.2 cm³/mol. The molecule has 3 nitrogen and oxygen atoms in total. The number of morpholine rings is 1. The van der Waals surface area contributed by atoms with Crippen LogP contribution in [-0.4, -0.2) is 43.3 Å². The molecule has 0 radical (unpaired) electrons. The van der Waals surface area contributed by atoms with E-state index in [0.29, 0.717) is 12.1 Å². The summed E-state index contributed by atoms with van der Waals surface area (Å²) in [5, 5.41) is 0. The van der Waals surface area contributed by atoms with Crippen LogP contribution in [0.3, 0.4) is 0 Å². The zero-order valence-corrected chi connectivity index (χ0v) is 9.11. The third-order valence-electron chi connectivity index (χ3n) is 3.78. The van der Waals surface area contributed by atoms with Gasteiger partial charge in [-0.15, -0.1) is 0 Å². The van der Waals surface area contributed by atoms with Crippen LogP contribution in [0.5, 0.6) is 0 Å². The van der Waals surface area contributed by atoms with E-state index in [1.165, 1.54) is 19.3 Å². The fourth-order valence-corrected chi connectivity index (χ4v) is 2.66. The van der Waals surface area contributed by atoms with Crippen molar-refractivity contribution >= 4 is 0 Å². The molecule has 1 saturated heterocycles. The Bertz CT molecular complexity index is 180. The second kappa shape index (κ2) is 4.60. The Labute approximate surface area is 86.6 Å². The van der Waals surface area contributed by atoms with Gasteiger partial charge in [0, 0.05) is 25.2 Å². The Morgan fingerprint density at radius 3 is 2.79 bits per heavy atom. The second-order valence-corrected chi connectivity index (χ2v) is 4.66. The first kappa shape index (κ1) is 10.4. The van der Waals surface area contributed by atoms with E-state index in [1.54, 1.807) is 0 Å². The summed E-state index contributed by atoms with van der Waals surface area (Å²) in [5.74, 6) is 0.862. The van der Waals surface area contributed by atoms with Gasteiger partial charge in [-0.2, -0.15) is 0 Å². The number of rotatable bonds is 3. The van der Waals surface area contributed by atoms with Crippen LogP contribution in [0.25, 0.3) is 0 Å². The molecule has 1 aliphatic carbocycles. The second-order valence-electron chi connectivity index (χ2n) is 4.66. The van der Waals surface area contributed by atoms with E-state index >= 15 is 0 Å². The minimum Gasteiger partial charge on any atom is -0.379 e. The molecule has 2 N–H and O–H groups in total. The Kier molecular flexibility index (Phi) is 3.42. The monoisotopic (exact) mass is 198 g/mol. The van der Waals surface area contributed by atoms with E-state index in [0.717, 1.165) is 32.2 Å². The van der Waals surface area contributed by atoms with Crippen LogP contribution in [0.4, 0.5) is 0 Å². The molecule has 0 aromatic carbocycles. The Hall–Kier alpha value is -0.120. The van der Waals surface area contributed by atoms with Crippen molar-refractivity contribution in [3.8, 4) is 0 Å². The molecule has 1 heterocycles. The quantitative estimate of drug-likeness (QED) is 0.730. The smallest absolute Gasteiger partial charge is 0.0619 e. The first-order valence-corrected chi connectivity index (χ1v) is 5.86. The molecule has 2 aliphatic rings. The molecule has 2 atom stereocenters. The molecular formula is C11H22N2O. The number of nitrogens with zero attached hydrogens (tertiary/aromatic N) is 1. The largest absolute Gasteiger partial charge is 0.379 e. The molecule has 0 aromatic rings. The summed E-state index contributed by atoms with van der Waals surface area (Å²) in [4.78, 5) is 2.56. The SMILES string of the molecule is CC1COCCN1C(CN)C1CCC1. The van der Waals surface area contributed by atoms with Crippen molar-refractivity contribution in [1.29, 1.82) is 0 Å². The van der Waals surface area contributed by atoms with Gasteiger partial charge in [0.2, 0.25) is 0 Å². The summed E-state index contributed by atoms with van der Waals surface area (Å²) in [7, 11) is 0. The van der Waals surface area contributed by atoms with Gasteiger partial charge < -0.3 is 10.5 Å². The van der Waals surface area contributed by atoms with Gasteiger partial charge >= 0.3 is 0 Å². The lowest BCUT2D eigenvalue weighted by atomic mass is 9.78. The van der Waals surface area contributed by atoms with Crippen LogP contribution in [0.1, 0.15) is 26.2 Å². The van der Waals surface area contributed by atoms with Crippen molar-refractivity contribution in [2.75, 3.05) is 26.3 Å². The van der Waals surface area contributed by atoms with E-state index in [4.69, 9.17) is 10.5 Å². The van der Waals surface area contributed by atoms with Crippen molar-refractivity contribution in [1.82, 2.24) is 4.90 Å². The summed E-state index contributed by atoms with van der Waals surface area (Å²) in [6.45, 7) is 5.89. The highest BCUT2D eigenvalue weighted by Crippen LogP contribution is 2.33. The first-order valence-electron chi connectivity index (χ1n) is 5.86. The summed E-state index contributed by atoms with van der Waals surface area (Å²) < 4.78 is 5.46. The summed E-state index contributed by atoms with van der Waals surface area (Å²) >= 11 is 0. The van der Waals surface area contributed by atoms with Crippen molar-refractivity contribution in [3.05, 3.63) is 0 Å². The lowest BCUT2D eigenvalue weighted by Crippen LogP contribution is -2.55. The van der Waals surface area contributed by atoms with Crippen molar-refractivity contribution < 1.29 is 4.74 Å². The minimum atomic E-state index is 0.554. The highest BCUT2D eigenvalue weighted by Gasteiger charge is 2.34. The van der Waals surface area contributed by atoms with Crippen LogP contribution in [0, 0.1) is 5.92 Å². The standard InChI is InChI=1S/C11H22N2O/c1-9-8-14-6-5-13(9)11(7-12)10-3-2-4-10/h9-11H,2-8,12H2,1H3.